The van der Waals surface area contributed by atoms with Gasteiger partial charge in [0.05, 0.1) is 0 Å². The van der Waals surface area contributed by atoms with Crippen LogP contribution >= 0.6 is 0 Å². The summed E-state index contributed by atoms with van der Waals surface area (Å²) in [6.07, 6.45) is 6.77. The van der Waals surface area contributed by atoms with E-state index in [4.69, 9.17) is 0 Å². The van der Waals surface area contributed by atoms with Crippen LogP contribution in [0.3, 0.4) is 0 Å². The molecule has 1 rings (SSSR count). The van der Waals surface area contributed by atoms with Gasteiger partial charge in [-0.05, 0) is 25.7 Å². The largest absolute Gasteiger partial charge is 0.352 e. The summed E-state index contributed by atoms with van der Waals surface area (Å²) in [7, 11) is 0. The maximum atomic E-state index is 11.4. The highest BCUT2D eigenvalue weighted by molar-refractivity contribution is 5.97. The van der Waals surface area contributed by atoms with Crippen LogP contribution in [-0.4, -0.2) is 24.1 Å². The molecule has 1 aliphatic carbocycles. The summed E-state index contributed by atoms with van der Waals surface area (Å²) in [5.74, 6) is -0.684. The van der Waals surface area contributed by atoms with Crippen molar-refractivity contribution in [2.45, 2.75) is 38.5 Å². The van der Waals surface area contributed by atoms with Crippen molar-refractivity contribution in [3.63, 3.8) is 0 Å². The molecule has 0 aliphatic heterocycles. The molecule has 1 aliphatic rings. The molecule has 0 radical (unpaired) electrons. The minimum absolute atomic E-state index is 0.190. The first-order valence-corrected chi connectivity index (χ1v) is 5.94. The molecule has 0 aromatic heterocycles. The fraction of sp³-hybridized carbons (Fsp3) is 0.583. The highest BCUT2D eigenvalue weighted by atomic mass is 16.2. The third kappa shape index (κ3) is 5.85. The maximum absolute atomic E-state index is 11.4. The first kappa shape index (κ1) is 13.4. The highest BCUT2D eigenvalue weighted by Gasteiger charge is 2.10. The smallest absolute Gasteiger partial charge is 0.249 e. The predicted molar refractivity (Wildman–Crippen MR) is 66.5 cm³/mol. The Labute approximate surface area is 101 Å². The minimum Gasteiger partial charge on any atom is -0.352 e. The van der Waals surface area contributed by atoms with E-state index in [2.05, 4.69) is 22.4 Å². The molecular weight excluding hydrogens is 218 g/mol. The van der Waals surface area contributed by atoms with Gasteiger partial charge in [-0.2, -0.15) is 5.10 Å². The van der Waals surface area contributed by atoms with E-state index < -0.39 is 0 Å². The van der Waals surface area contributed by atoms with Crippen LogP contribution in [0.1, 0.15) is 38.5 Å². The molecule has 5 heteroatoms. The molecule has 17 heavy (non-hydrogen) atoms. The molecular formula is C12H19N3O2. The lowest BCUT2D eigenvalue weighted by atomic mass is 9.99. The van der Waals surface area contributed by atoms with Gasteiger partial charge in [-0.3, -0.25) is 9.59 Å². The Bertz CT molecular complexity index is 316. The van der Waals surface area contributed by atoms with Crippen molar-refractivity contribution in [1.29, 1.82) is 0 Å². The van der Waals surface area contributed by atoms with Gasteiger partial charge >= 0.3 is 0 Å². The van der Waals surface area contributed by atoms with Crippen LogP contribution < -0.4 is 10.7 Å². The average molecular weight is 237 g/mol. The van der Waals surface area contributed by atoms with Crippen molar-refractivity contribution in [2.24, 2.45) is 5.10 Å². The van der Waals surface area contributed by atoms with Crippen molar-refractivity contribution in [3.8, 4) is 0 Å². The Hall–Kier alpha value is -1.65. The fourth-order valence-electron chi connectivity index (χ4n) is 1.65. The standard InChI is InChI=1S/C12H19N3O2/c1-2-8-13-11(16)9-12(17)15-14-10-6-4-3-5-7-10/h2H,1,3-9H2,(H,13,16)(H,15,17). The van der Waals surface area contributed by atoms with Crippen molar-refractivity contribution >= 4 is 17.5 Å². The fourth-order valence-corrected chi connectivity index (χ4v) is 1.65. The van der Waals surface area contributed by atoms with Crippen LogP contribution in [0.25, 0.3) is 0 Å². The molecule has 1 fully saturated rings. The topological polar surface area (TPSA) is 70.6 Å². The van der Waals surface area contributed by atoms with Crippen LogP contribution in [0.5, 0.6) is 0 Å². The van der Waals surface area contributed by atoms with E-state index in [0.29, 0.717) is 6.54 Å². The zero-order chi connectivity index (χ0) is 12.5. The van der Waals surface area contributed by atoms with Gasteiger partial charge in [-0.1, -0.05) is 12.5 Å². The second-order valence-corrected chi connectivity index (χ2v) is 4.04. The normalized spacial score (nSPS) is 14.9. The van der Waals surface area contributed by atoms with E-state index >= 15 is 0 Å². The molecule has 0 spiro atoms. The lowest BCUT2D eigenvalue weighted by Gasteiger charge is -2.11. The summed E-state index contributed by atoms with van der Waals surface area (Å²) >= 11 is 0. The number of hydrogen-bond acceptors (Lipinski definition) is 3. The van der Waals surface area contributed by atoms with Gasteiger partial charge in [-0.15, -0.1) is 6.58 Å². The molecule has 1 saturated carbocycles. The van der Waals surface area contributed by atoms with Gasteiger partial charge < -0.3 is 5.32 Å². The number of hydrogen-bond donors (Lipinski definition) is 2. The Balaban J connectivity index is 2.24. The van der Waals surface area contributed by atoms with Crippen LogP contribution in [-0.2, 0) is 9.59 Å². The van der Waals surface area contributed by atoms with E-state index in [9.17, 15) is 9.59 Å². The highest BCUT2D eigenvalue weighted by Crippen LogP contribution is 2.14. The van der Waals surface area contributed by atoms with Crippen molar-refractivity contribution in [2.75, 3.05) is 6.54 Å². The van der Waals surface area contributed by atoms with Gasteiger partial charge in [0.15, 0.2) is 0 Å². The van der Waals surface area contributed by atoms with E-state index in [1.807, 2.05) is 0 Å². The predicted octanol–water partition coefficient (Wildman–Crippen LogP) is 1.11. The minimum atomic E-state index is -0.371. The van der Waals surface area contributed by atoms with E-state index in [1.54, 1.807) is 6.08 Å². The lowest BCUT2D eigenvalue weighted by molar-refractivity contribution is -0.129. The Kier molecular flexibility index (Phi) is 5.99. The Morgan fingerprint density at radius 2 is 1.94 bits per heavy atom. The number of hydrazone groups is 1. The van der Waals surface area contributed by atoms with Crippen LogP contribution in [0.15, 0.2) is 17.8 Å². The quantitative estimate of drug-likeness (QED) is 0.427. The molecule has 0 aromatic rings. The molecule has 0 atom stereocenters. The van der Waals surface area contributed by atoms with E-state index in [-0.39, 0.29) is 18.2 Å². The number of amides is 2. The third-order valence-electron chi connectivity index (χ3n) is 2.53. The zero-order valence-corrected chi connectivity index (χ0v) is 10.00. The SMILES string of the molecule is C=CCNC(=O)CC(=O)NN=C1CCCCC1. The summed E-state index contributed by atoms with van der Waals surface area (Å²) in [5, 5.41) is 6.57. The summed E-state index contributed by atoms with van der Waals surface area (Å²) in [4.78, 5) is 22.5. The van der Waals surface area contributed by atoms with Gasteiger partial charge in [-0.25, -0.2) is 5.43 Å². The van der Waals surface area contributed by atoms with Crippen molar-refractivity contribution < 1.29 is 9.59 Å². The molecule has 2 N–H and O–H groups in total. The second-order valence-electron chi connectivity index (χ2n) is 4.04. The molecule has 5 nitrogen and oxygen atoms in total. The Morgan fingerprint density at radius 1 is 1.24 bits per heavy atom. The Morgan fingerprint density at radius 3 is 2.59 bits per heavy atom. The number of carbonyl (C=O) groups is 2. The number of rotatable bonds is 5. The lowest BCUT2D eigenvalue weighted by Crippen LogP contribution is -2.30. The first-order valence-electron chi connectivity index (χ1n) is 5.94. The summed E-state index contributed by atoms with van der Waals surface area (Å²) < 4.78 is 0. The van der Waals surface area contributed by atoms with Crippen LogP contribution in [0, 0.1) is 0 Å². The van der Waals surface area contributed by atoms with Gasteiger partial charge in [0.2, 0.25) is 11.8 Å². The second kappa shape index (κ2) is 7.60. The number of nitrogens with zero attached hydrogens (tertiary/aromatic N) is 1. The van der Waals surface area contributed by atoms with Gasteiger partial charge in [0.1, 0.15) is 6.42 Å². The maximum Gasteiger partial charge on any atom is 0.249 e. The number of nitrogens with one attached hydrogen (secondary N) is 2. The van der Waals surface area contributed by atoms with Crippen molar-refractivity contribution in [1.82, 2.24) is 10.7 Å². The number of carbonyl (C=O) groups excluding carboxylic acids is 2. The zero-order valence-electron chi connectivity index (χ0n) is 10.00. The summed E-state index contributed by atoms with van der Waals surface area (Å²) in [5.41, 5.74) is 3.45. The van der Waals surface area contributed by atoms with Crippen molar-refractivity contribution in [3.05, 3.63) is 12.7 Å². The molecule has 0 aromatic carbocycles. The monoisotopic (exact) mass is 237 g/mol. The molecule has 0 unspecified atom stereocenters. The van der Waals surface area contributed by atoms with Crippen LogP contribution in [0.4, 0.5) is 0 Å². The molecule has 0 heterocycles. The van der Waals surface area contributed by atoms with E-state index in [1.165, 1.54) is 6.42 Å². The van der Waals surface area contributed by atoms with Gasteiger partial charge in [0.25, 0.3) is 0 Å². The van der Waals surface area contributed by atoms with E-state index in [0.717, 1.165) is 31.4 Å². The first-order chi connectivity index (χ1) is 8.22. The summed E-state index contributed by atoms with van der Waals surface area (Å²) in [6, 6.07) is 0. The molecule has 2 amide bonds. The molecule has 0 bridgehead atoms. The van der Waals surface area contributed by atoms with Gasteiger partial charge in [0, 0.05) is 12.3 Å². The molecule has 94 valence electrons. The third-order valence-corrected chi connectivity index (χ3v) is 2.53. The van der Waals surface area contributed by atoms with Crippen LogP contribution in [0.2, 0.25) is 0 Å². The average Bonchev–Trinajstić information content (AvgIpc) is 2.35. The molecule has 0 saturated heterocycles. The summed E-state index contributed by atoms with van der Waals surface area (Å²) in [6.45, 7) is 3.85.